The van der Waals surface area contributed by atoms with Gasteiger partial charge in [0.05, 0.1) is 0 Å². The van der Waals surface area contributed by atoms with Crippen molar-refractivity contribution in [2.45, 2.75) is 13.0 Å². The van der Waals surface area contributed by atoms with Crippen molar-refractivity contribution in [2.24, 2.45) is 5.40 Å². The van der Waals surface area contributed by atoms with E-state index in [2.05, 4.69) is 6.58 Å². The Morgan fingerprint density at radius 3 is 2.88 bits per heavy atom. The minimum absolute atomic E-state index is 0.737. The van der Waals surface area contributed by atoms with Crippen LogP contribution in [0.4, 0.5) is 0 Å². The minimum Gasteiger partial charge on any atom is -0.406 e. The zero-order valence-corrected chi connectivity index (χ0v) is 6.42. The second kappa shape index (κ2) is 5.02. The highest BCUT2D eigenvalue weighted by Crippen LogP contribution is 1.86. The summed E-state index contributed by atoms with van der Waals surface area (Å²) in [4.78, 5) is 0. The lowest BCUT2D eigenvalue weighted by Crippen LogP contribution is -2.28. The maximum atomic E-state index is 5.54. The molecule has 0 aliphatic carbocycles. The summed E-state index contributed by atoms with van der Waals surface area (Å²) >= 11 is 0. The van der Waals surface area contributed by atoms with E-state index in [1.54, 1.807) is 0 Å². The molecule has 0 aliphatic rings. The van der Waals surface area contributed by atoms with Crippen molar-refractivity contribution in [1.29, 1.82) is 0 Å². The fourth-order valence-corrected chi connectivity index (χ4v) is 1.34. The SMILES string of the molecule is C=CC[SiH](N)OCC. The van der Waals surface area contributed by atoms with Crippen molar-refractivity contribution in [3.05, 3.63) is 12.7 Å². The first-order valence-corrected chi connectivity index (χ1v) is 4.74. The van der Waals surface area contributed by atoms with Crippen molar-refractivity contribution in [1.82, 2.24) is 0 Å². The molecule has 0 fully saturated rings. The second-order valence-corrected chi connectivity index (χ2v) is 3.40. The van der Waals surface area contributed by atoms with Gasteiger partial charge in [0.25, 0.3) is 9.20 Å². The van der Waals surface area contributed by atoms with Gasteiger partial charge in [0.2, 0.25) is 0 Å². The molecule has 0 saturated heterocycles. The molecule has 1 atom stereocenters. The van der Waals surface area contributed by atoms with Crippen molar-refractivity contribution in [2.75, 3.05) is 6.61 Å². The highest BCUT2D eigenvalue weighted by atomic mass is 28.3. The molecular formula is C5H13NOSi. The van der Waals surface area contributed by atoms with Crippen LogP contribution in [-0.2, 0) is 4.43 Å². The van der Waals surface area contributed by atoms with Crippen LogP contribution in [0.25, 0.3) is 0 Å². The Balaban J connectivity index is 3.03. The van der Waals surface area contributed by atoms with Gasteiger partial charge in [-0.1, -0.05) is 6.08 Å². The van der Waals surface area contributed by atoms with E-state index in [0.717, 1.165) is 12.7 Å². The number of hydrogen-bond donors (Lipinski definition) is 1. The Morgan fingerprint density at radius 2 is 2.50 bits per heavy atom. The lowest BCUT2D eigenvalue weighted by atomic mass is 10.8. The molecule has 0 rings (SSSR count). The van der Waals surface area contributed by atoms with E-state index in [9.17, 15) is 0 Å². The predicted octanol–water partition coefficient (Wildman–Crippen LogP) is 0.388. The Labute approximate surface area is 52.1 Å². The lowest BCUT2D eigenvalue weighted by molar-refractivity contribution is 0.344. The van der Waals surface area contributed by atoms with Gasteiger partial charge in [-0.2, -0.15) is 0 Å². The molecule has 0 radical (unpaired) electrons. The van der Waals surface area contributed by atoms with E-state index in [-0.39, 0.29) is 0 Å². The first-order chi connectivity index (χ1) is 3.81. The van der Waals surface area contributed by atoms with Gasteiger partial charge < -0.3 is 9.83 Å². The zero-order valence-electron chi connectivity index (χ0n) is 5.26. The molecule has 3 heteroatoms. The van der Waals surface area contributed by atoms with E-state index < -0.39 is 9.20 Å². The molecule has 0 amide bonds. The monoisotopic (exact) mass is 131 g/mol. The van der Waals surface area contributed by atoms with Crippen LogP contribution in [0.15, 0.2) is 12.7 Å². The summed E-state index contributed by atoms with van der Waals surface area (Å²) in [6.45, 7) is 6.25. The second-order valence-electron chi connectivity index (χ2n) is 1.52. The van der Waals surface area contributed by atoms with Crippen LogP contribution in [0.5, 0.6) is 0 Å². The molecule has 1 unspecified atom stereocenters. The van der Waals surface area contributed by atoms with Crippen LogP contribution >= 0.6 is 0 Å². The topological polar surface area (TPSA) is 35.2 Å². The van der Waals surface area contributed by atoms with Gasteiger partial charge in [-0.25, -0.2) is 0 Å². The van der Waals surface area contributed by atoms with E-state index in [1.807, 2.05) is 13.0 Å². The number of allylic oxidation sites excluding steroid dienone is 1. The highest BCUT2D eigenvalue weighted by Gasteiger charge is 1.98. The molecule has 0 aromatic heterocycles. The molecule has 0 aromatic carbocycles. The van der Waals surface area contributed by atoms with E-state index >= 15 is 0 Å². The molecule has 48 valence electrons. The molecule has 0 saturated carbocycles. The van der Waals surface area contributed by atoms with Crippen molar-refractivity contribution in [3.63, 3.8) is 0 Å². The van der Waals surface area contributed by atoms with Crippen molar-refractivity contribution >= 4 is 9.20 Å². The fourth-order valence-electron chi connectivity index (χ4n) is 0.446. The summed E-state index contributed by atoms with van der Waals surface area (Å²) in [7, 11) is -1.32. The third-order valence-corrected chi connectivity index (χ3v) is 2.34. The Kier molecular flexibility index (Phi) is 4.95. The summed E-state index contributed by atoms with van der Waals surface area (Å²) in [6, 6.07) is 0.869. The lowest BCUT2D eigenvalue weighted by Gasteiger charge is -2.04. The summed E-state index contributed by atoms with van der Waals surface area (Å²) < 4.78 is 5.13. The third kappa shape index (κ3) is 4.05. The van der Waals surface area contributed by atoms with Crippen molar-refractivity contribution < 1.29 is 4.43 Å². The first-order valence-electron chi connectivity index (χ1n) is 2.79. The Bertz CT molecular complexity index is 67.4. The zero-order chi connectivity index (χ0) is 6.41. The summed E-state index contributed by atoms with van der Waals surface area (Å²) in [5, 5.41) is 5.54. The van der Waals surface area contributed by atoms with Crippen LogP contribution < -0.4 is 5.40 Å². The summed E-state index contributed by atoms with van der Waals surface area (Å²) in [5.41, 5.74) is 0. The van der Waals surface area contributed by atoms with Crippen molar-refractivity contribution in [3.8, 4) is 0 Å². The summed E-state index contributed by atoms with van der Waals surface area (Å²) in [5.74, 6) is 0. The van der Waals surface area contributed by atoms with E-state index in [0.29, 0.717) is 0 Å². The molecule has 0 bridgehead atoms. The minimum atomic E-state index is -1.32. The number of hydrogen-bond acceptors (Lipinski definition) is 2. The predicted molar refractivity (Wildman–Crippen MR) is 38.0 cm³/mol. The van der Waals surface area contributed by atoms with Gasteiger partial charge in [-0.05, 0) is 13.0 Å². The van der Waals surface area contributed by atoms with Crippen LogP contribution in [0, 0.1) is 0 Å². The van der Waals surface area contributed by atoms with E-state index in [1.165, 1.54) is 0 Å². The molecular weight excluding hydrogens is 118 g/mol. The molecule has 0 aromatic rings. The quantitative estimate of drug-likeness (QED) is 0.442. The standard InChI is InChI=1S/C5H13NOSi/c1-3-5-8(6)7-4-2/h3,8H,1,4-6H2,2H3. The maximum absolute atomic E-state index is 5.54. The smallest absolute Gasteiger partial charge is 0.253 e. The number of nitrogens with two attached hydrogens (primary N) is 1. The Morgan fingerprint density at radius 1 is 1.88 bits per heavy atom. The molecule has 2 N–H and O–H groups in total. The molecule has 0 heterocycles. The highest BCUT2D eigenvalue weighted by molar-refractivity contribution is 6.48. The van der Waals surface area contributed by atoms with Crippen LogP contribution in [0.3, 0.4) is 0 Å². The third-order valence-electron chi connectivity index (χ3n) is 0.780. The van der Waals surface area contributed by atoms with Crippen LogP contribution in [-0.4, -0.2) is 15.8 Å². The van der Waals surface area contributed by atoms with E-state index in [4.69, 9.17) is 9.83 Å². The average molecular weight is 131 g/mol. The van der Waals surface area contributed by atoms with Gasteiger partial charge in [0.1, 0.15) is 0 Å². The van der Waals surface area contributed by atoms with Gasteiger partial charge >= 0.3 is 0 Å². The molecule has 0 spiro atoms. The van der Waals surface area contributed by atoms with Crippen LogP contribution in [0.1, 0.15) is 6.92 Å². The molecule has 8 heavy (non-hydrogen) atoms. The normalized spacial score (nSPS) is 13.2. The van der Waals surface area contributed by atoms with Gasteiger partial charge in [0, 0.05) is 6.61 Å². The average Bonchev–Trinajstić information content (AvgIpc) is 1.68. The summed E-state index contributed by atoms with van der Waals surface area (Å²) in [6.07, 6.45) is 1.81. The maximum Gasteiger partial charge on any atom is 0.253 e. The van der Waals surface area contributed by atoms with Gasteiger partial charge in [-0.15, -0.1) is 6.58 Å². The largest absolute Gasteiger partial charge is 0.406 e. The fraction of sp³-hybridized carbons (Fsp3) is 0.600. The van der Waals surface area contributed by atoms with Crippen LogP contribution in [0.2, 0.25) is 6.04 Å². The Hall–Kier alpha value is -0.123. The number of rotatable bonds is 4. The van der Waals surface area contributed by atoms with Gasteiger partial charge in [-0.3, -0.25) is 0 Å². The van der Waals surface area contributed by atoms with Gasteiger partial charge in [0.15, 0.2) is 0 Å². The molecule has 2 nitrogen and oxygen atoms in total. The molecule has 0 aliphatic heterocycles. The first kappa shape index (κ1) is 7.88.